The number of nitrogens with zero attached hydrogens (tertiary/aromatic N) is 1. The third-order valence-corrected chi connectivity index (χ3v) is 5.24. The molecular formula is C19H30N2OS. The Bertz CT molecular complexity index is 536. The minimum atomic E-state index is -0.118. The number of rotatable bonds is 4. The van der Waals surface area contributed by atoms with Crippen molar-refractivity contribution in [2.75, 3.05) is 4.31 Å². The second kappa shape index (κ2) is 7.16. The topological polar surface area (TPSA) is 32.3 Å². The van der Waals surface area contributed by atoms with E-state index < -0.39 is 0 Å². The predicted octanol–water partition coefficient (Wildman–Crippen LogP) is 5.63. The molecule has 1 N–H and O–H groups in total. The zero-order valence-electron chi connectivity index (χ0n) is 15.0. The van der Waals surface area contributed by atoms with Gasteiger partial charge in [-0.2, -0.15) is 0 Å². The number of carbonyl (C=O) groups excluding carboxylic acids is 1. The molecule has 0 aliphatic heterocycles. The van der Waals surface area contributed by atoms with E-state index in [9.17, 15) is 4.79 Å². The lowest BCUT2D eigenvalue weighted by atomic mass is 9.92. The Morgan fingerprint density at radius 1 is 1.13 bits per heavy atom. The Morgan fingerprint density at radius 2 is 1.61 bits per heavy atom. The van der Waals surface area contributed by atoms with E-state index in [4.69, 9.17) is 0 Å². The highest BCUT2D eigenvalue weighted by Gasteiger charge is 2.32. The highest BCUT2D eigenvalue weighted by molar-refractivity contribution is 7.82. The first-order valence-electron chi connectivity index (χ1n) is 8.69. The van der Waals surface area contributed by atoms with Crippen LogP contribution in [0.3, 0.4) is 0 Å². The van der Waals surface area contributed by atoms with Crippen molar-refractivity contribution in [3.05, 3.63) is 29.3 Å². The summed E-state index contributed by atoms with van der Waals surface area (Å²) < 4.78 is 1.52. The number of hydrogen-bond donors (Lipinski definition) is 2. The molecule has 4 heteroatoms. The molecule has 2 amide bonds. The van der Waals surface area contributed by atoms with E-state index in [1.54, 1.807) is 0 Å². The molecule has 1 aliphatic carbocycles. The van der Waals surface area contributed by atoms with Gasteiger partial charge in [-0.25, -0.2) is 9.10 Å². The molecule has 23 heavy (non-hydrogen) atoms. The molecule has 128 valence electrons. The number of para-hydroxylation sites is 1. The number of hydrogen-bond acceptors (Lipinski definition) is 2. The largest absolute Gasteiger partial charge is 0.332 e. The predicted molar refractivity (Wildman–Crippen MR) is 101 cm³/mol. The number of benzene rings is 1. The Balaban J connectivity index is 2.33. The van der Waals surface area contributed by atoms with Crippen LogP contribution in [0.1, 0.15) is 83.3 Å². The van der Waals surface area contributed by atoms with Gasteiger partial charge in [0.15, 0.2) is 0 Å². The van der Waals surface area contributed by atoms with Crippen LogP contribution >= 0.6 is 12.8 Å². The molecule has 0 unspecified atom stereocenters. The van der Waals surface area contributed by atoms with Crippen LogP contribution in [-0.2, 0) is 0 Å². The summed E-state index contributed by atoms with van der Waals surface area (Å²) in [5.74, 6) is 0.682. The molecule has 0 aromatic heterocycles. The Kier molecular flexibility index (Phi) is 5.66. The zero-order valence-corrected chi connectivity index (χ0v) is 15.9. The van der Waals surface area contributed by atoms with Crippen LogP contribution in [0, 0.1) is 0 Å². The summed E-state index contributed by atoms with van der Waals surface area (Å²) in [6.45, 7) is 10.8. The van der Waals surface area contributed by atoms with Gasteiger partial charge in [0.1, 0.15) is 0 Å². The van der Waals surface area contributed by atoms with Crippen LogP contribution in [0.2, 0.25) is 0 Å². The van der Waals surface area contributed by atoms with E-state index in [1.165, 1.54) is 17.1 Å². The highest BCUT2D eigenvalue weighted by atomic mass is 32.1. The van der Waals surface area contributed by atoms with Gasteiger partial charge >= 0.3 is 6.03 Å². The highest BCUT2D eigenvalue weighted by Crippen LogP contribution is 2.37. The van der Waals surface area contributed by atoms with Crippen molar-refractivity contribution in [1.29, 1.82) is 0 Å². The van der Waals surface area contributed by atoms with Crippen molar-refractivity contribution in [1.82, 2.24) is 5.32 Å². The van der Waals surface area contributed by atoms with Gasteiger partial charge in [0, 0.05) is 5.54 Å². The summed E-state index contributed by atoms with van der Waals surface area (Å²) in [4.78, 5) is 12.8. The summed E-state index contributed by atoms with van der Waals surface area (Å²) in [5.41, 5.74) is 3.18. The van der Waals surface area contributed by atoms with Crippen LogP contribution in [0.25, 0.3) is 0 Å². The lowest BCUT2D eigenvalue weighted by molar-refractivity contribution is 0.237. The third-order valence-electron chi connectivity index (χ3n) is 4.86. The lowest BCUT2D eigenvalue weighted by Crippen LogP contribution is -2.48. The van der Waals surface area contributed by atoms with Gasteiger partial charge in [-0.15, -0.1) is 0 Å². The molecule has 1 saturated carbocycles. The summed E-state index contributed by atoms with van der Waals surface area (Å²) in [6, 6.07) is 6.15. The average molecular weight is 335 g/mol. The van der Waals surface area contributed by atoms with Crippen LogP contribution in [0.15, 0.2) is 18.2 Å². The van der Waals surface area contributed by atoms with Gasteiger partial charge in [-0.3, -0.25) is 0 Å². The van der Waals surface area contributed by atoms with Crippen molar-refractivity contribution in [3.63, 3.8) is 0 Å². The number of amides is 2. The van der Waals surface area contributed by atoms with Crippen LogP contribution in [-0.4, -0.2) is 11.6 Å². The fourth-order valence-corrected chi connectivity index (χ4v) is 3.73. The Labute approximate surface area is 146 Å². The quantitative estimate of drug-likeness (QED) is 0.687. The van der Waals surface area contributed by atoms with Gasteiger partial charge in [0.2, 0.25) is 0 Å². The van der Waals surface area contributed by atoms with Crippen molar-refractivity contribution in [2.24, 2.45) is 0 Å². The van der Waals surface area contributed by atoms with Gasteiger partial charge in [-0.05, 0) is 42.7 Å². The van der Waals surface area contributed by atoms with Gasteiger partial charge < -0.3 is 5.32 Å². The third kappa shape index (κ3) is 4.03. The smallest absolute Gasteiger partial charge is 0.332 e. The minimum absolute atomic E-state index is 0.0944. The summed E-state index contributed by atoms with van der Waals surface area (Å²) in [6.07, 6.45) is 4.46. The second-order valence-electron chi connectivity index (χ2n) is 7.60. The standard InChI is InChI=1S/C19H30N2OS/c1-13(2)15-9-8-10-16(14(3)4)17(15)21(23)18(22)20-19(5)11-6-7-12-19/h8-10,13-14,23H,6-7,11-12H2,1-5H3,(H,20,22). The Morgan fingerprint density at radius 3 is 2.04 bits per heavy atom. The molecule has 1 aliphatic rings. The van der Waals surface area contributed by atoms with E-state index in [-0.39, 0.29) is 11.6 Å². The van der Waals surface area contributed by atoms with Crippen molar-refractivity contribution in [2.45, 2.75) is 77.7 Å². The van der Waals surface area contributed by atoms with E-state index in [0.29, 0.717) is 11.8 Å². The zero-order chi connectivity index (χ0) is 17.2. The lowest BCUT2D eigenvalue weighted by Gasteiger charge is -2.31. The van der Waals surface area contributed by atoms with Gasteiger partial charge in [-0.1, -0.05) is 71.6 Å². The number of urea groups is 1. The summed E-state index contributed by atoms with van der Waals surface area (Å²) >= 11 is 4.57. The number of thiol groups is 1. The molecule has 0 bridgehead atoms. The number of anilines is 1. The van der Waals surface area contributed by atoms with Crippen molar-refractivity contribution >= 4 is 24.5 Å². The molecule has 3 nitrogen and oxygen atoms in total. The first-order valence-corrected chi connectivity index (χ1v) is 9.09. The molecule has 0 heterocycles. The second-order valence-corrected chi connectivity index (χ2v) is 8.00. The normalized spacial score (nSPS) is 16.9. The number of carbonyl (C=O) groups is 1. The van der Waals surface area contributed by atoms with Crippen molar-refractivity contribution < 1.29 is 4.79 Å². The van der Waals surface area contributed by atoms with Crippen LogP contribution in [0.5, 0.6) is 0 Å². The van der Waals surface area contributed by atoms with Crippen molar-refractivity contribution in [3.8, 4) is 0 Å². The Hall–Kier alpha value is -1.16. The molecule has 0 spiro atoms. The fraction of sp³-hybridized carbons (Fsp3) is 0.632. The molecular weight excluding hydrogens is 304 g/mol. The molecule has 1 aromatic rings. The maximum Gasteiger partial charge on any atom is 0.332 e. The molecule has 1 aromatic carbocycles. The van der Waals surface area contributed by atoms with E-state index in [2.05, 4.69) is 70.9 Å². The van der Waals surface area contributed by atoms with E-state index >= 15 is 0 Å². The van der Waals surface area contributed by atoms with Gasteiger partial charge in [0.25, 0.3) is 0 Å². The van der Waals surface area contributed by atoms with Crippen LogP contribution < -0.4 is 9.62 Å². The van der Waals surface area contributed by atoms with E-state index in [1.807, 2.05) is 0 Å². The summed E-state index contributed by atoms with van der Waals surface area (Å²) in [5, 5.41) is 3.20. The molecule has 0 atom stereocenters. The first-order chi connectivity index (χ1) is 10.7. The SMILES string of the molecule is CC(C)c1cccc(C(C)C)c1N(S)C(=O)NC1(C)CCCC1. The maximum atomic E-state index is 12.8. The summed E-state index contributed by atoms with van der Waals surface area (Å²) in [7, 11) is 0. The minimum Gasteiger partial charge on any atom is -0.332 e. The molecule has 0 saturated heterocycles. The monoisotopic (exact) mass is 334 g/mol. The van der Waals surface area contributed by atoms with E-state index in [0.717, 1.165) is 29.7 Å². The maximum absolute atomic E-state index is 12.8. The van der Waals surface area contributed by atoms with Crippen LogP contribution in [0.4, 0.5) is 10.5 Å². The first kappa shape index (κ1) is 18.2. The average Bonchev–Trinajstić information content (AvgIpc) is 2.91. The molecule has 0 radical (unpaired) electrons. The molecule has 1 fully saturated rings. The fourth-order valence-electron chi connectivity index (χ4n) is 3.45. The molecule has 2 rings (SSSR count). The number of nitrogens with one attached hydrogen (secondary N) is 1. The van der Waals surface area contributed by atoms with Gasteiger partial charge in [0.05, 0.1) is 5.69 Å².